The fraction of sp³-hybridized carbons (Fsp3) is 0.867. The number of hydrogen-bond donors (Lipinski definition) is 1. The highest BCUT2D eigenvalue weighted by Crippen LogP contribution is 2.18. The Hall–Kier alpha value is -0.900. The summed E-state index contributed by atoms with van der Waals surface area (Å²) in [5, 5.41) is 2.94. The molecule has 0 bridgehead atoms. The van der Waals surface area contributed by atoms with Gasteiger partial charge in [0.1, 0.15) is 5.78 Å². The van der Waals surface area contributed by atoms with Gasteiger partial charge in [0.2, 0.25) is 5.91 Å². The average Bonchev–Trinajstić information content (AvgIpc) is 2.44. The fourth-order valence-electron chi connectivity index (χ4n) is 2.26. The van der Waals surface area contributed by atoms with Crippen molar-refractivity contribution in [3.63, 3.8) is 0 Å². The van der Waals surface area contributed by atoms with Gasteiger partial charge < -0.3 is 10.1 Å². The number of amides is 1. The Kier molecular flexibility index (Phi) is 7.72. The Labute approximate surface area is 116 Å². The third-order valence-corrected chi connectivity index (χ3v) is 3.77. The van der Waals surface area contributed by atoms with Crippen molar-refractivity contribution in [2.75, 3.05) is 13.2 Å². The van der Waals surface area contributed by atoms with E-state index in [1.807, 2.05) is 6.92 Å². The number of carbonyl (C=O) groups is 2. The van der Waals surface area contributed by atoms with E-state index < -0.39 is 0 Å². The largest absolute Gasteiger partial charge is 0.381 e. The van der Waals surface area contributed by atoms with Gasteiger partial charge in [0.15, 0.2) is 0 Å². The van der Waals surface area contributed by atoms with Crippen LogP contribution in [0.5, 0.6) is 0 Å². The lowest BCUT2D eigenvalue weighted by molar-refractivity contribution is -0.126. The van der Waals surface area contributed by atoms with E-state index in [2.05, 4.69) is 12.2 Å². The van der Waals surface area contributed by atoms with Crippen molar-refractivity contribution in [3.8, 4) is 0 Å². The molecule has 0 aromatic rings. The molecular weight excluding hydrogens is 242 g/mol. The topological polar surface area (TPSA) is 55.4 Å². The smallest absolute Gasteiger partial charge is 0.220 e. The molecule has 0 aromatic carbocycles. The van der Waals surface area contributed by atoms with E-state index in [9.17, 15) is 9.59 Å². The zero-order valence-corrected chi connectivity index (χ0v) is 12.2. The molecule has 4 heteroatoms. The summed E-state index contributed by atoms with van der Waals surface area (Å²) >= 11 is 0. The molecule has 19 heavy (non-hydrogen) atoms. The maximum absolute atomic E-state index is 11.9. The minimum absolute atomic E-state index is 0.105. The third kappa shape index (κ3) is 6.71. The Morgan fingerprint density at radius 1 is 1.21 bits per heavy atom. The van der Waals surface area contributed by atoms with Gasteiger partial charge in [0.05, 0.1) is 0 Å². The number of ether oxygens (including phenoxy) is 1. The Morgan fingerprint density at radius 3 is 2.47 bits per heavy atom. The predicted molar refractivity (Wildman–Crippen MR) is 74.9 cm³/mol. The number of hydrogen-bond acceptors (Lipinski definition) is 3. The SMILES string of the molecule is CCC(C)NC(=O)CCCCC(=O)C1CCOCC1. The van der Waals surface area contributed by atoms with Crippen LogP contribution in [-0.4, -0.2) is 30.9 Å². The van der Waals surface area contributed by atoms with Crippen LogP contribution in [0.4, 0.5) is 0 Å². The molecule has 1 rings (SSSR count). The van der Waals surface area contributed by atoms with Crippen molar-refractivity contribution >= 4 is 11.7 Å². The number of carbonyl (C=O) groups excluding carboxylic acids is 2. The lowest BCUT2D eigenvalue weighted by Gasteiger charge is -2.20. The Bertz CT molecular complexity index is 285. The molecule has 0 radical (unpaired) electrons. The summed E-state index contributed by atoms with van der Waals surface area (Å²) in [4.78, 5) is 23.5. The van der Waals surface area contributed by atoms with Gasteiger partial charge in [0.25, 0.3) is 0 Å². The molecule has 0 aromatic heterocycles. The minimum Gasteiger partial charge on any atom is -0.381 e. The molecule has 0 saturated carbocycles. The highest BCUT2D eigenvalue weighted by atomic mass is 16.5. The van der Waals surface area contributed by atoms with Crippen LogP contribution >= 0.6 is 0 Å². The highest BCUT2D eigenvalue weighted by Gasteiger charge is 2.20. The van der Waals surface area contributed by atoms with E-state index in [0.29, 0.717) is 31.8 Å². The number of nitrogens with one attached hydrogen (secondary N) is 1. The van der Waals surface area contributed by atoms with Gasteiger partial charge in [-0.15, -0.1) is 0 Å². The van der Waals surface area contributed by atoms with Gasteiger partial charge in [-0.2, -0.15) is 0 Å². The van der Waals surface area contributed by atoms with E-state index in [4.69, 9.17) is 4.74 Å². The summed E-state index contributed by atoms with van der Waals surface area (Å²) in [5.74, 6) is 0.654. The van der Waals surface area contributed by atoms with Crippen molar-refractivity contribution in [2.24, 2.45) is 5.92 Å². The van der Waals surface area contributed by atoms with E-state index in [1.165, 1.54) is 0 Å². The molecular formula is C15H27NO3. The second kappa shape index (κ2) is 9.08. The fourth-order valence-corrected chi connectivity index (χ4v) is 2.26. The number of ketones is 1. The maximum Gasteiger partial charge on any atom is 0.220 e. The maximum atomic E-state index is 11.9. The van der Waals surface area contributed by atoms with Crippen LogP contribution in [0.25, 0.3) is 0 Å². The standard InChI is InChI=1S/C15H27NO3/c1-3-12(2)16-15(18)7-5-4-6-14(17)13-8-10-19-11-9-13/h12-13H,3-11H2,1-2H3,(H,16,18). The van der Waals surface area contributed by atoms with Crippen molar-refractivity contribution < 1.29 is 14.3 Å². The Balaban J connectivity index is 2.06. The van der Waals surface area contributed by atoms with Crippen LogP contribution in [0.1, 0.15) is 58.8 Å². The summed E-state index contributed by atoms with van der Waals surface area (Å²) < 4.78 is 5.25. The molecule has 4 nitrogen and oxygen atoms in total. The first-order chi connectivity index (χ1) is 9.13. The number of unbranched alkanes of at least 4 members (excludes halogenated alkanes) is 1. The summed E-state index contributed by atoms with van der Waals surface area (Å²) in [5.41, 5.74) is 0. The van der Waals surface area contributed by atoms with Crippen LogP contribution in [0, 0.1) is 5.92 Å². The van der Waals surface area contributed by atoms with Crippen LogP contribution < -0.4 is 5.32 Å². The molecule has 1 aliphatic rings. The molecule has 1 fully saturated rings. The molecule has 1 unspecified atom stereocenters. The van der Waals surface area contributed by atoms with Crippen LogP contribution in [0.2, 0.25) is 0 Å². The molecule has 0 aliphatic carbocycles. The first-order valence-electron chi connectivity index (χ1n) is 7.53. The predicted octanol–water partition coefficient (Wildman–Crippen LogP) is 2.46. The van der Waals surface area contributed by atoms with E-state index in [0.717, 1.165) is 32.1 Å². The molecule has 1 saturated heterocycles. The van der Waals surface area contributed by atoms with Crippen LogP contribution in [0.3, 0.4) is 0 Å². The zero-order chi connectivity index (χ0) is 14.1. The quantitative estimate of drug-likeness (QED) is 0.689. The van der Waals surface area contributed by atoms with Gasteiger partial charge in [-0.3, -0.25) is 9.59 Å². The van der Waals surface area contributed by atoms with E-state index in [-0.39, 0.29) is 17.9 Å². The molecule has 1 amide bonds. The second-order valence-corrected chi connectivity index (χ2v) is 5.44. The average molecular weight is 269 g/mol. The van der Waals surface area contributed by atoms with Gasteiger partial charge in [-0.25, -0.2) is 0 Å². The summed E-state index contributed by atoms with van der Waals surface area (Å²) in [6, 6.07) is 0.247. The van der Waals surface area contributed by atoms with Gasteiger partial charge in [-0.1, -0.05) is 6.92 Å². The van der Waals surface area contributed by atoms with Crippen molar-refractivity contribution in [1.82, 2.24) is 5.32 Å². The first kappa shape index (κ1) is 16.2. The lowest BCUT2D eigenvalue weighted by Crippen LogP contribution is -2.31. The molecule has 0 spiro atoms. The van der Waals surface area contributed by atoms with Crippen molar-refractivity contribution in [1.29, 1.82) is 0 Å². The van der Waals surface area contributed by atoms with E-state index in [1.54, 1.807) is 0 Å². The molecule has 1 atom stereocenters. The van der Waals surface area contributed by atoms with E-state index >= 15 is 0 Å². The molecule has 1 N–H and O–H groups in total. The molecule has 1 heterocycles. The second-order valence-electron chi connectivity index (χ2n) is 5.44. The Morgan fingerprint density at radius 2 is 1.84 bits per heavy atom. The van der Waals surface area contributed by atoms with Gasteiger partial charge in [0, 0.05) is 38.0 Å². The summed E-state index contributed by atoms with van der Waals surface area (Å²) in [7, 11) is 0. The first-order valence-corrected chi connectivity index (χ1v) is 7.53. The zero-order valence-electron chi connectivity index (χ0n) is 12.2. The van der Waals surface area contributed by atoms with Crippen molar-refractivity contribution in [3.05, 3.63) is 0 Å². The number of Topliss-reactive ketones (excluding diaryl/α,β-unsaturated/α-hetero) is 1. The van der Waals surface area contributed by atoms with Crippen LogP contribution in [-0.2, 0) is 14.3 Å². The normalized spacial score (nSPS) is 18.0. The lowest BCUT2D eigenvalue weighted by atomic mass is 9.92. The van der Waals surface area contributed by atoms with Gasteiger partial charge in [-0.05, 0) is 39.0 Å². The molecule has 1 aliphatic heterocycles. The monoisotopic (exact) mass is 269 g/mol. The molecule has 110 valence electrons. The summed E-state index contributed by atoms with van der Waals surface area (Å²) in [6.45, 7) is 5.49. The minimum atomic E-state index is 0.105. The number of rotatable bonds is 8. The van der Waals surface area contributed by atoms with Gasteiger partial charge >= 0.3 is 0 Å². The van der Waals surface area contributed by atoms with Crippen molar-refractivity contribution in [2.45, 2.75) is 64.8 Å². The highest BCUT2D eigenvalue weighted by molar-refractivity contribution is 5.81. The third-order valence-electron chi connectivity index (χ3n) is 3.77. The summed E-state index contributed by atoms with van der Waals surface area (Å²) in [6.07, 6.45) is 5.46. The van der Waals surface area contributed by atoms with Crippen LogP contribution in [0.15, 0.2) is 0 Å².